The van der Waals surface area contributed by atoms with Gasteiger partial charge in [0.1, 0.15) is 6.04 Å². The number of hydrogen-bond acceptors (Lipinski definition) is 4. The molecule has 1 aliphatic heterocycles. The molecule has 5 nitrogen and oxygen atoms in total. The number of likely N-dealkylation sites (tertiary alicyclic amines) is 1. The molecule has 1 rings (SSSR count). The third-order valence-corrected chi connectivity index (χ3v) is 2.22. The standard InChI is InChI=1S/C8H14N2O3.C4H10.C3H8.C2H6/c1-13-8(12)6-3-2-4-10(6)7(11)5-9;1-4(2)3;1-3-2;1-2/h6H,2-5,9H2,1H3;4H,1-3H3;3H2,1-2H3;1-2H3. The molecule has 0 saturated carbocycles. The second-order valence-electron chi connectivity index (χ2n) is 5.41. The second-order valence-corrected chi connectivity index (χ2v) is 5.41. The average molecular weight is 319 g/mol. The molecular formula is C17H38N2O3. The van der Waals surface area contributed by atoms with Crippen molar-refractivity contribution in [1.82, 2.24) is 4.90 Å². The monoisotopic (exact) mass is 318 g/mol. The van der Waals surface area contributed by atoms with Gasteiger partial charge in [-0.3, -0.25) is 4.79 Å². The Morgan fingerprint density at radius 3 is 1.95 bits per heavy atom. The van der Waals surface area contributed by atoms with E-state index in [2.05, 4.69) is 39.4 Å². The summed E-state index contributed by atoms with van der Waals surface area (Å²) in [6, 6.07) is -0.416. The van der Waals surface area contributed by atoms with Crippen LogP contribution in [0.1, 0.15) is 67.7 Å². The van der Waals surface area contributed by atoms with Crippen molar-refractivity contribution >= 4 is 11.9 Å². The van der Waals surface area contributed by atoms with Crippen LogP contribution in [0.2, 0.25) is 0 Å². The van der Waals surface area contributed by atoms with Crippen LogP contribution >= 0.6 is 0 Å². The van der Waals surface area contributed by atoms with Gasteiger partial charge < -0.3 is 15.4 Å². The van der Waals surface area contributed by atoms with Crippen LogP contribution in [-0.4, -0.2) is 43.0 Å². The van der Waals surface area contributed by atoms with Crippen LogP contribution in [-0.2, 0) is 14.3 Å². The van der Waals surface area contributed by atoms with Crippen LogP contribution in [0.25, 0.3) is 0 Å². The predicted molar refractivity (Wildman–Crippen MR) is 93.6 cm³/mol. The number of esters is 1. The van der Waals surface area contributed by atoms with Crippen molar-refractivity contribution in [3.05, 3.63) is 0 Å². The number of rotatable bonds is 2. The molecular weight excluding hydrogens is 280 g/mol. The summed E-state index contributed by atoms with van der Waals surface area (Å²) in [5.41, 5.74) is 5.21. The zero-order valence-corrected chi connectivity index (χ0v) is 15.9. The highest BCUT2D eigenvalue weighted by atomic mass is 16.5. The molecule has 1 fully saturated rings. The van der Waals surface area contributed by atoms with Crippen LogP contribution in [0.4, 0.5) is 0 Å². The van der Waals surface area contributed by atoms with Crippen molar-refractivity contribution in [2.45, 2.75) is 73.8 Å². The third kappa shape index (κ3) is 13.9. The molecule has 2 N–H and O–H groups in total. The second kappa shape index (κ2) is 18.0. The first-order chi connectivity index (χ1) is 10.3. The largest absolute Gasteiger partial charge is 0.467 e. The van der Waals surface area contributed by atoms with Crippen molar-refractivity contribution in [2.75, 3.05) is 20.2 Å². The Balaban J connectivity index is -0.000000336. The predicted octanol–water partition coefficient (Wildman–Crippen LogP) is 3.21. The van der Waals surface area contributed by atoms with Gasteiger partial charge in [0.05, 0.1) is 13.7 Å². The van der Waals surface area contributed by atoms with Crippen molar-refractivity contribution in [3.8, 4) is 0 Å². The smallest absolute Gasteiger partial charge is 0.328 e. The highest BCUT2D eigenvalue weighted by molar-refractivity contribution is 5.86. The molecule has 1 saturated heterocycles. The first-order valence-corrected chi connectivity index (χ1v) is 8.42. The molecule has 1 amide bonds. The van der Waals surface area contributed by atoms with Crippen molar-refractivity contribution in [2.24, 2.45) is 11.7 Å². The Morgan fingerprint density at radius 2 is 1.64 bits per heavy atom. The Hall–Kier alpha value is -1.10. The SMILES string of the molecule is CC.CC(C)C.CCC.COC(=O)C1CCCN1C(=O)CN. The quantitative estimate of drug-likeness (QED) is 0.793. The van der Waals surface area contributed by atoms with Crippen LogP contribution in [0.5, 0.6) is 0 Å². The minimum Gasteiger partial charge on any atom is -0.467 e. The lowest BCUT2D eigenvalue weighted by Crippen LogP contribution is -2.43. The van der Waals surface area contributed by atoms with Crippen LogP contribution in [0, 0.1) is 5.92 Å². The molecule has 22 heavy (non-hydrogen) atoms. The number of nitrogens with two attached hydrogens (primary N) is 1. The fourth-order valence-electron chi connectivity index (χ4n) is 1.56. The summed E-state index contributed by atoms with van der Waals surface area (Å²) in [5, 5.41) is 0. The summed E-state index contributed by atoms with van der Waals surface area (Å²) >= 11 is 0. The average Bonchev–Trinajstić information content (AvgIpc) is 2.97. The van der Waals surface area contributed by atoms with E-state index in [1.807, 2.05) is 13.8 Å². The van der Waals surface area contributed by atoms with E-state index >= 15 is 0 Å². The van der Waals surface area contributed by atoms with Gasteiger partial charge in [0.2, 0.25) is 5.91 Å². The van der Waals surface area contributed by atoms with E-state index in [4.69, 9.17) is 5.73 Å². The van der Waals surface area contributed by atoms with E-state index in [1.54, 1.807) is 0 Å². The van der Waals surface area contributed by atoms with Gasteiger partial charge in [0.15, 0.2) is 0 Å². The summed E-state index contributed by atoms with van der Waals surface area (Å²) in [7, 11) is 1.33. The minimum atomic E-state index is -0.416. The first kappa shape index (κ1) is 25.8. The fourth-order valence-corrected chi connectivity index (χ4v) is 1.56. The van der Waals surface area contributed by atoms with Crippen molar-refractivity contribution in [1.29, 1.82) is 0 Å². The van der Waals surface area contributed by atoms with E-state index < -0.39 is 6.04 Å². The summed E-state index contributed by atoms with van der Waals surface area (Å²) in [5.74, 6) is 0.298. The normalized spacial score (nSPS) is 15.5. The van der Waals surface area contributed by atoms with E-state index in [0.29, 0.717) is 13.0 Å². The number of amides is 1. The van der Waals surface area contributed by atoms with Gasteiger partial charge in [-0.2, -0.15) is 0 Å². The number of hydrogen-bond donors (Lipinski definition) is 1. The maximum atomic E-state index is 11.2. The van der Waals surface area contributed by atoms with Crippen LogP contribution < -0.4 is 5.73 Å². The highest BCUT2D eigenvalue weighted by Crippen LogP contribution is 2.17. The zero-order chi connectivity index (χ0) is 18.1. The number of nitrogens with zero attached hydrogens (tertiary/aromatic N) is 1. The molecule has 0 aromatic carbocycles. The summed E-state index contributed by atoms with van der Waals surface area (Å²) in [6.07, 6.45) is 2.77. The van der Waals surface area contributed by atoms with Gasteiger partial charge in [0, 0.05) is 6.54 Å². The molecule has 0 aromatic heterocycles. The molecule has 1 aliphatic rings. The zero-order valence-electron chi connectivity index (χ0n) is 15.9. The van der Waals surface area contributed by atoms with E-state index in [9.17, 15) is 9.59 Å². The molecule has 0 radical (unpaired) electrons. The maximum Gasteiger partial charge on any atom is 0.328 e. The lowest BCUT2D eigenvalue weighted by Gasteiger charge is -2.21. The lowest BCUT2D eigenvalue weighted by atomic mass is 10.2. The van der Waals surface area contributed by atoms with E-state index in [0.717, 1.165) is 12.3 Å². The molecule has 134 valence electrons. The maximum absolute atomic E-state index is 11.2. The Bertz CT molecular complexity index is 244. The molecule has 1 unspecified atom stereocenters. The molecule has 0 spiro atoms. The number of carbonyl (C=O) groups is 2. The van der Waals surface area contributed by atoms with Crippen LogP contribution in [0.15, 0.2) is 0 Å². The van der Waals surface area contributed by atoms with Gasteiger partial charge in [-0.05, 0) is 18.8 Å². The van der Waals surface area contributed by atoms with Crippen molar-refractivity contribution < 1.29 is 14.3 Å². The van der Waals surface area contributed by atoms with Gasteiger partial charge in [-0.15, -0.1) is 0 Å². The van der Waals surface area contributed by atoms with Gasteiger partial charge >= 0.3 is 5.97 Å². The van der Waals surface area contributed by atoms with Gasteiger partial charge in [-0.25, -0.2) is 4.79 Å². The number of carbonyl (C=O) groups excluding carboxylic acids is 2. The molecule has 5 heteroatoms. The molecule has 0 bridgehead atoms. The fraction of sp³-hybridized carbons (Fsp3) is 0.882. The molecule has 1 atom stereocenters. The molecule has 0 aromatic rings. The number of methoxy groups -OCH3 is 1. The lowest BCUT2D eigenvalue weighted by molar-refractivity contribution is -0.150. The topological polar surface area (TPSA) is 72.6 Å². The van der Waals surface area contributed by atoms with Crippen molar-refractivity contribution in [3.63, 3.8) is 0 Å². The number of ether oxygens (including phenoxy) is 1. The van der Waals surface area contributed by atoms with Crippen LogP contribution in [0.3, 0.4) is 0 Å². The summed E-state index contributed by atoms with van der Waals surface area (Å²) < 4.78 is 4.59. The highest BCUT2D eigenvalue weighted by Gasteiger charge is 2.33. The molecule has 1 heterocycles. The first-order valence-electron chi connectivity index (χ1n) is 8.42. The minimum absolute atomic E-state index is 0.0481. The Labute approximate surface area is 137 Å². The van der Waals surface area contributed by atoms with Gasteiger partial charge in [-0.1, -0.05) is 54.9 Å². The van der Waals surface area contributed by atoms with E-state index in [1.165, 1.54) is 18.4 Å². The Kier molecular flexibility index (Phi) is 21.1. The molecule has 0 aliphatic carbocycles. The summed E-state index contributed by atoms with van der Waals surface area (Å²) in [4.78, 5) is 23.9. The van der Waals surface area contributed by atoms with E-state index in [-0.39, 0.29) is 18.4 Å². The Morgan fingerprint density at radius 1 is 1.23 bits per heavy atom. The summed E-state index contributed by atoms with van der Waals surface area (Å²) in [6.45, 7) is 15.3. The van der Waals surface area contributed by atoms with Gasteiger partial charge in [0.25, 0.3) is 0 Å². The third-order valence-electron chi connectivity index (χ3n) is 2.22.